The van der Waals surface area contributed by atoms with Crippen molar-refractivity contribution in [2.75, 3.05) is 6.54 Å². The highest BCUT2D eigenvalue weighted by Crippen LogP contribution is 2.25. The molecule has 8 N–H and O–H groups in total. The molecule has 0 spiro atoms. The van der Waals surface area contributed by atoms with Gasteiger partial charge in [-0.3, -0.25) is 24.3 Å². The standard InChI is InChI=1S/C32H40N6O5.C7H8O3S/c1-20(2)19-26(38-29(40)23-12-5-4-6-13-23)30(41)36-21(3)28(39)37-25(16-10-18-35-32(33)34)31(42)43-27-17-9-14-22-11-7-8-15-24(22)27;1-6-2-4-7(5-3-6)11(8,9)10/h4-9,11-15,17,20-21,25-26H,10,16,18-19H2,1-3H3,(H,36,41)(H,37,39)(H,38,40)(H4,33,34,35);2-5H,1H3,(H,8,9,10)/t21-,25-,26-;/m0./s1. The van der Waals surface area contributed by atoms with Crippen molar-refractivity contribution >= 4 is 50.5 Å². The molecule has 15 heteroatoms. The lowest BCUT2D eigenvalue weighted by Gasteiger charge is -2.24. The molecule has 0 aliphatic heterocycles. The number of ether oxygens (including phenoxy) is 1. The second-order valence-electron chi connectivity index (χ2n) is 13.0. The van der Waals surface area contributed by atoms with E-state index in [9.17, 15) is 27.6 Å². The summed E-state index contributed by atoms with van der Waals surface area (Å²) in [6.07, 6.45) is 0.957. The van der Waals surface area contributed by atoms with E-state index in [1.807, 2.05) is 51.1 Å². The molecule has 4 rings (SSSR count). The van der Waals surface area contributed by atoms with Crippen LogP contribution in [0.1, 0.15) is 56.0 Å². The highest BCUT2D eigenvalue weighted by Gasteiger charge is 2.29. The fourth-order valence-electron chi connectivity index (χ4n) is 5.16. The molecule has 0 heterocycles. The van der Waals surface area contributed by atoms with Crippen LogP contribution < -0.4 is 31.7 Å². The first-order chi connectivity index (χ1) is 25.5. The van der Waals surface area contributed by atoms with Gasteiger partial charge in [0.05, 0.1) is 4.90 Å². The second kappa shape index (κ2) is 20.4. The Labute approximate surface area is 315 Å². The van der Waals surface area contributed by atoms with E-state index in [0.717, 1.165) is 16.3 Å². The third-order valence-electron chi connectivity index (χ3n) is 7.98. The zero-order valence-electron chi connectivity index (χ0n) is 30.7. The average Bonchev–Trinajstić information content (AvgIpc) is 3.12. The summed E-state index contributed by atoms with van der Waals surface area (Å²) in [4.78, 5) is 52.3. The van der Waals surface area contributed by atoms with Crippen LogP contribution in [0.4, 0.5) is 0 Å². The van der Waals surface area contributed by atoms with Crippen LogP contribution in [-0.4, -0.2) is 67.3 Å². The minimum absolute atomic E-state index is 0.0666. The lowest BCUT2D eigenvalue weighted by atomic mass is 10.0. The fraction of sp³-hybridized carbons (Fsp3) is 0.308. The number of guanidine groups is 1. The Hall–Kier alpha value is -5.80. The van der Waals surface area contributed by atoms with Gasteiger partial charge < -0.3 is 31.7 Å². The normalized spacial score (nSPS) is 12.6. The predicted octanol–water partition coefficient (Wildman–Crippen LogP) is 4.08. The maximum atomic E-state index is 13.3. The van der Waals surface area contributed by atoms with Gasteiger partial charge in [0.2, 0.25) is 11.8 Å². The topological polar surface area (TPSA) is 230 Å². The quantitative estimate of drug-likeness (QED) is 0.0229. The van der Waals surface area contributed by atoms with E-state index in [2.05, 4.69) is 21.3 Å². The number of hydrogen-bond acceptors (Lipinski definition) is 8. The molecule has 0 saturated heterocycles. The summed E-state index contributed by atoms with van der Waals surface area (Å²) >= 11 is 0. The highest BCUT2D eigenvalue weighted by molar-refractivity contribution is 7.85. The Bertz CT molecular complexity index is 2000. The van der Waals surface area contributed by atoms with Crippen molar-refractivity contribution in [3.05, 3.63) is 108 Å². The van der Waals surface area contributed by atoms with Gasteiger partial charge in [0, 0.05) is 17.5 Å². The van der Waals surface area contributed by atoms with Crippen molar-refractivity contribution < 1.29 is 36.9 Å². The molecule has 0 aliphatic rings. The van der Waals surface area contributed by atoms with Crippen molar-refractivity contribution in [1.82, 2.24) is 21.3 Å². The molecule has 0 aliphatic carbocycles. The average molecular weight is 761 g/mol. The number of fused-ring (bicyclic) bond motifs is 1. The summed E-state index contributed by atoms with van der Waals surface area (Å²) in [6.45, 7) is 7.51. The SMILES string of the molecule is CC(C)C[C@H](NC(=O)c1ccccc1)C(=O)N[C@@H](C)C(=O)N[C@@H](CCCNC(=N)N)C(=O)Oc1cccc2ccccc12.Cc1ccc(S(=O)(=O)O)cc1. The molecule has 4 aromatic rings. The second-order valence-corrected chi connectivity index (χ2v) is 14.4. The van der Waals surface area contributed by atoms with E-state index in [1.54, 1.807) is 54.6 Å². The van der Waals surface area contributed by atoms with Crippen molar-refractivity contribution in [2.24, 2.45) is 11.7 Å². The van der Waals surface area contributed by atoms with Crippen LogP contribution in [0.3, 0.4) is 0 Å². The largest absolute Gasteiger partial charge is 0.424 e. The van der Waals surface area contributed by atoms with Crippen LogP contribution in [0.15, 0.2) is 102 Å². The van der Waals surface area contributed by atoms with Crippen molar-refractivity contribution in [1.29, 1.82) is 5.41 Å². The van der Waals surface area contributed by atoms with Crippen LogP contribution >= 0.6 is 0 Å². The number of rotatable bonds is 15. The monoisotopic (exact) mass is 760 g/mol. The number of esters is 1. The molecule has 54 heavy (non-hydrogen) atoms. The first-order valence-electron chi connectivity index (χ1n) is 17.3. The Morgan fingerprint density at radius 1 is 0.796 bits per heavy atom. The van der Waals surface area contributed by atoms with Gasteiger partial charge in [-0.25, -0.2) is 4.79 Å². The number of hydrogen-bond donors (Lipinski definition) is 7. The molecule has 3 amide bonds. The number of aryl methyl sites for hydroxylation is 1. The number of nitrogens with one attached hydrogen (secondary N) is 5. The van der Waals surface area contributed by atoms with Gasteiger partial charge in [-0.1, -0.05) is 86.1 Å². The van der Waals surface area contributed by atoms with Crippen LogP contribution in [-0.2, 0) is 24.5 Å². The molecule has 14 nitrogen and oxygen atoms in total. The summed E-state index contributed by atoms with van der Waals surface area (Å²) in [6, 6.07) is 24.4. The van der Waals surface area contributed by atoms with Crippen LogP contribution in [0.2, 0.25) is 0 Å². The summed E-state index contributed by atoms with van der Waals surface area (Å²) < 4.78 is 35.3. The van der Waals surface area contributed by atoms with Gasteiger partial charge in [-0.05, 0) is 74.7 Å². The fourth-order valence-corrected chi connectivity index (χ4v) is 5.64. The van der Waals surface area contributed by atoms with E-state index in [1.165, 1.54) is 19.1 Å². The molecule has 0 fully saturated rings. The number of benzene rings is 4. The van der Waals surface area contributed by atoms with Gasteiger partial charge in [-0.2, -0.15) is 8.42 Å². The van der Waals surface area contributed by atoms with E-state index in [0.29, 0.717) is 30.7 Å². The Kier molecular flexibility index (Phi) is 16.1. The lowest BCUT2D eigenvalue weighted by molar-refractivity contribution is -0.140. The molecule has 288 valence electrons. The summed E-state index contributed by atoms with van der Waals surface area (Å²) in [7, 11) is -4.02. The predicted molar refractivity (Wildman–Crippen MR) is 206 cm³/mol. The lowest BCUT2D eigenvalue weighted by Crippen LogP contribution is -2.55. The summed E-state index contributed by atoms with van der Waals surface area (Å²) in [5.74, 6) is -1.92. The van der Waals surface area contributed by atoms with E-state index >= 15 is 0 Å². The van der Waals surface area contributed by atoms with Gasteiger partial charge >= 0.3 is 5.97 Å². The number of amides is 3. The molecule has 0 saturated carbocycles. The van der Waals surface area contributed by atoms with Gasteiger partial charge in [0.1, 0.15) is 23.9 Å². The van der Waals surface area contributed by atoms with Crippen molar-refractivity contribution in [3.8, 4) is 5.75 Å². The molecule has 3 atom stereocenters. The first kappa shape index (κ1) is 42.6. The third kappa shape index (κ3) is 14.0. The van der Waals surface area contributed by atoms with Gasteiger partial charge in [0.15, 0.2) is 5.96 Å². The minimum Gasteiger partial charge on any atom is -0.424 e. The molecule has 4 aromatic carbocycles. The van der Waals surface area contributed by atoms with Crippen molar-refractivity contribution in [3.63, 3.8) is 0 Å². The maximum absolute atomic E-state index is 13.3. The van der Waals surface area contributed by atoms with Gasteiger partial charge in [0.25, 0.3) is 16.0 Å². The summed E-state index contributed by atoms with van der Waals surface area (Å²) in [5.41, 5.74) is 6.73. The molecule has 0 unspecified atom stereocenters. The highest BCUT2D eigenvalue weighted by atomic mass is 32.2. The number of carbonyl (C=O) groups excluding carboxylic acids is 4. The van der Waals surface area contributed by atoms with E-state index in [-0.39, 0.29) is 23.2 Å². The Morgan fingerprint density at radius 2 is 1.43 bits per heavy atom. The smallest absolute Gasteiger partial charge is 0.334 e. The molecule has 0 aromatic heterocycles. The maximum Gasteiger partial charge on any atom is 0.334 e. The summed E-state index contributed by atoms with van der Waals surface area (Å²) in [5, 5.41) is 19.8. The van der Waals surface area contributed by atoms with E-state index in [4.69, 9.17) is 20.4 Å². The molecule has 0 radical (unpaired) electrons. The Morgan fingerprint density at radius 3 is 2.06 bits per heavy atom. The number of carbonyl (C=O) groups is 4. The first-order valence-corrected chi connectivity index (χ1v) is 18.8. The molecular weight excluding hydrogens is 713 g/mol. The van der Waals surface area contributed by atoms with Crippen molar-refractivity contribution in [2.45, 2.75) is 70.0 Å². The molecular formula is C39H48N6O8S. The zero-order valence-corrected chi connectivity index (χ0v) is 31.5. The Balaban J connectivity index is 0.000000609. The molecule has 0 bridgehead atoms. The zero-order chi connectivity index (χ0) is 39.8. The third-order valence-corrected chi connectivity index (χ3v) is 8.85. The van der Waals surface area contributed by atoms with Crippen LogP contribution in [0, 0.1) is 18.3 Å². The number of nitrogens with two attached hydrogens (primary N) is 1. The van der Waals surface area contributed by atoms with Gasteiger partial charge in [-0.15, -0.1) is 0 Å². The van der Waals surface area contributed by atoms with Crippen LogP contribution in [0.25, 0.3) is 10.8 Å². The van der Waals surface area contributed by atoms with E-state index < -0.39 is 51.9 Å². The minimum atomic E-state index is -4.02. The van der Waals surface area contributed by atoms with Crippen LogP contribution in [0.5, 0.6) is 5.75 Å².